The van der Waals surface area contributed by atoms with E-state index in [1.165, 1.54) is 37.8 Å². The van der Waals surface area contributed by atoms with E-state index in [1.54, 1.807) is 0 Å². The lowest BCUT2D eigenvalue weighted by Crippen LogP contribution is -2.39. The lowest BCUT2D eigenvalue weighted by Gasteiger charge is -2.38. The Bertz CT molecular complexity index is 417. The number of anilines is 2. The van der Waals surface area contributed by atoms with Crippen LogP contribution in [0.1, 0.15) is 52.4 Å². The standard InChI is InChI=1S/C17H28N2O/c1-3-7-14-8-5-6-11-19(14)15-9-10-16(18)17(13-15)20-12-4-2/h9-10,13-14H,3-8,11-12,18H2,1-2H3. The number of benzene rings is 1. The average molecular weight is 276 g/mol. The van der Waals surface area contributed by atoms with Gasteiger partial charge in [-0.05, 0) is 44.2 Å². The molecule has 3 heteroatoms. The van der Waals surface area contributed by atoms with E-state index in [0.717, 1.165) is 31.0 Å². The van der Waals surface area contributed by atoms with E-state index in [1.807, 2.05) is 6.07 Å². The van der Waals surface area contributed by atoms with Crippen LogP contribution in [0.2, 0.25) is 0 Å². The first kappa shape index (κ1) is 15.0. The van der Waals surface area contributed by atoms with Crippen molar-refractivity contribution in [3.8, 4) is 5.75 Å². The van der Waals surface area contributed by atoms with E-state index in [2.05, 4.69) is 30.9 Å². The summed E-state index contributed by atoms with van der Waals surface area (Å²) in [5.41, 5.74) is 8.02. The zero-order valence-corrected chi connectivity index (χ0v) is 12.9. The van der Waals surface area contributed by atoms with Gasteiger partial charge in [-0.1, -0.05) is 20.3 Å². The summed E-state index contributed by atoms with van der Waals surface area (Å²) < 4.78 is 5.76. The molecular formula is C17H28N2O. The Morgan fingerprint density at radius 1 is 1.25 bits per heavy atom. The average Bonchev–Trinajstić information content (AvgIpc) is 2.47. The van der Waals surface area contributed by atoms with Crippen molar-refractivity contribution in [2.24, 2.45) is 0 Å². The number of nitrogens with zero attached hydrogens (tertiary/aromatic N) is 1. The molecule has 0 saturated carbocycles. The van der Waals surface area contributed by atoms with Crippen LogP contribution in [0.25, 0.3) is 0 Å². The maximum Gasteiger partial charge on any atom is 0.144 e. The van der Waals surface area contributed by atoms with Gasteiger partial charge < -0.3 is 15.4 Å². The van der Waals surface area contributed by atoms with E-state index in [-0.39, 0.29) is 0 Å². The fourth-order valence-electron chi connectivity index (χ4n) is 3.01. The molecule has 0 bridgehead atoms. The van der Waals surface area contributed by atoms with Crippen LogP contribution < -0.4 is 15.4 Å². The van der Waals surface area contributed by atoms with Crippen LogP contribution in [-0.2, 0) is 0 Å². The van der Waals surface area contributed by atoms with Gasteiger partial charge in [0, 0.05) is 24.3 Å². The molecule has 1 aromatic carbocycles. The molecule has 2 rings (SSSR count). The van der Waals surface area contributed by atoms with Crippen molar-refractivity contribution in [2.45, 2.75) is 58.4 Å². The molecule has 0 radical (unpaired) electrons. The minimum Gasteiger partial charge on any atom is -0.491 e. The van der Waals surface area contributed by atoms with Gasteiger partial charge in [-0.15, -0.1) is 0 Å². The first-order chi connectivity index (χ1) is 9.76. The topological polar surface area (TPSA) is 38.5 Å². The number of hydrogen-bond acceptors (Lipinski definition) is 3. The molecule has 3 nitrogen and oxygen atoms in total. The van der Waals surface area contributed by atoms with E-state index >= 15 is 0 Å². The quantitative estimate of drug-likeness (QED) is 0.791. The Morgan fingerprint density at radius 2 is 2.10 bits per heavy atom. The van der Waals surface area contributed by atoms with Crippen molar-refractivity contribution in [1.82, 2.24) is 0 Å². The summed E-state index contributed by atoms with van der Waals surface area (Å²) in [4.78, 5) is 2.55. The first-order valence-corrected chi connectivity index (χ1v) is 8.05. The minimum absolute atomic E-state index is 0.677. The van der Waals surface area contributed by atoms with Gasteiger partial charge in [-0.3, -0.25) is 0 Å². The largest absolute Gasteiger partial charge is 0.491 e. The van der Waals surface area contributed by atoms with Crippen molar-refractivity contribution < 1.29 is 4.74 Å². The SMILES string of the molecule is CCCOc1cc(N2CCCCC2CCC)ccc1N. The molecule has 1 fully saturated rings. The van der Waals surface area contributed by atoms with Gasteiger partial charge in [0.15, 0.2) is 0 Å². The molecule has 1 aromatic rings. The van der Waals surface area contributed by atoms with E-state index in [9.17, 15) is 0 Å². The Kier molecular flexibility index (Phi) is 5.57. The molecular weight excluding hydrogens is 248 g/mol. The highest BCUT2D eigenvalue weighted by molar-refractivity contribution is 5.62. The van der Waals surface area contributed by atoms with Gasteiger partial charge in [-0.2, -0.15) is 0 Å². The second-order valence-electron chi connectivity index (χ2n) is 5.70. The second-order valence-corrected chi connectivity index (χ2v) is 5.70. The Hall–Kier alpha value is -1.38. The predicted molar refractivity (Wildman–Crippen MR) is 86.5 cm³/mol. The van der Waals surface area contributed by atoms with Crippen molar-refractivity contribution in [1.29, 1.82) is 0 Å². The number of nitrogens with two attached hydrogens (primary N) is 1. The molecule has 0 spiro atoms. The van der Waals surface area contributed by atoms with E-state index < -0.39 is 0 Å². The molecule has 1 heterocycles. The predicted octanol–water partition coefficient (Wildman–Crippen LogP) is 4.22. The van der Waals surface area contributed by atoms with Crippen LogP contribution in [-0.4, -0.2) is 19.2 Å². The normalized spacial score (nSPS) is 19.1. The molecule has 2 N–H and O–H groups in total. The minimum atomic E-state index is 0.677. The monoisotopic (exact) mass is 276 g/mol. The van der Waals surface area contributed by atoms with Crippen molar-refractivity contribution in [2.75, 3.05) is 23.8 Å². The van der Waals surface area contributed by atoms with Crippen LogP contribution in [0.3, 0.4) is 0 Å². The highest BCUT2D eigenvalue weighted by Crippen LogP contribution is 2.32. The van der Waals surface area contributed by atoms with Gasteiger partial charge in [0.1, 0.15) is 5.75 Å². The third-order valence-electron chi connectivity index (χ3n) is 4.04. The van der Waals surface area contributed by atoms with Crippen LogP contribution in [0.15, 0.2) is 18.2 Å². The van der Waals surface area contributed by atoms with Gasteiger partial charge >= 0.3 is 0 Å². The molecule has 112 valence electrons. The van der Waals surface area contributed by atoms with Crippen molar-refractivity contribution >= 4 is 11.4 Å². The third-order valence-corrected chi connectivity index (χ3v) is 4.04. The van der Waals surface area contributed by atoms with Crippen molar-refractivity contribution in [3.63, 3.8) is 0 Å². The Balaban J connectivity index is 2.17. The van der Waals surface area contributed by atoms with Gasteiger partial charge in [-0.25, -0.2) is 0 Å². The fourth-order valence-corrected chi connectivity index (χ4v) is 3.01. The molecule has 1 unspecified atom stereocenters. The maximum absolute atomic E-state index is 6.01. The van der Waals surface area contributed by atoms with Crippen LogP contribution in [0.5, 0.6) is 5.75 Å². The molecule has 0 amide bonds. The zero-order valence-electron chi connectivity index (χ0n) is 12.9. The molecule has 1 aliphatic heterocycles. The van der Waals surface area contributed by atoms with Crippen LogP contribution in [0.4, 0.5) is 11.4 Å². The summed E-state index contributed by atoms with van der Waals surface area (Å²) in [6.45, 7) is 6.27. The number of rotatable bonds is 6. The molecule has 0 aromatic heterocycles. The van der Waals surface area contributed by atoms with E-state index in [0.29, 0.717) is 6.04 Å². The molecule has 1 saturated heterocycles. The number of nitrogen functional groups attached to an aromatic ring is 1. The summed E-state index contributed by atoms with van der Waals surface area (Å²) in [7, 11) is 0. The molecule has 20 heavy (non-hydrogen) atoms. The van der Waals surface area contributed by atoms with Crippen LogP contribution in [0, 0.1) is 0 Å². The van der Waals surface area contributed by atoms with E-state index in [4.69, 9.17) is 10.5 Å². The highest BCUT2D eigenvalue weighted by atomic mass is 16.5. The third kappa shape index (κ3) is 3.59. The summed E-state index contributed by atoms with van der Waals surface area (Å²) in [6.07, 6.45) is 7.48. The zero-order chi connectivity index (χ0) is 14.4. The van der Waals surface area contributed by atoms with Crippen LogP contribution >= 0.6 is 0 Å². The molecule has 0 aliphatic carbocycles. The fraction of sp³-hybridized carbons (Fsp3) is 0.647. The summed E-state index contributed by atoms with van der Waals surface area (Å²) in [6, 6.07) is 6.93. The second kappa shape index (κ2) is 7.41. The number of hydrogen-bond donors (Lipinski definition) is 1. The Labute approximate surface area is 123 Å². The molecule has 1 atom stereocenters. The molecule has 1 aliphatic rings. The Morgan fingerprint density at radius 3 is 2.85 bits per heavy atom. The van der Waals surface area contributed by atoms with Gasteiger partial charge in [0.2, 0.25) is 0 Å². The summed E-state index contributed by atoms with van der Waals surface area (Å²) >= 11 is 0. The summed E-state index contributed by atoms with van der Waals surface area (Å²) in [5.74, 6) is 0.838. The number of piperidine rings is 1. The number of ether oxygens (including phenoxy) is 1. The van der Waals surface area contributed by atoms with Gasteiger partial charge in [0.25, 0.3) is 0 Å². The highest BCUT2D eigenvalue weighted by Gasteiger charge is 2.22. The van der Waals surface area contributed by atoms with Gasteiger partial charge in [0.05, 0.1) is 12.3 Å². The lowest BCUT2D eigenvalue weighted by atomic mass is 9.97. The first-order valence-electron chi connectivity index (χ1n) is 8.05. The maximum atomic E-state index is 6.01. The smallest absolute Gasteiger partial charge is 0.144 e. The summed E-state index contributed by atoms with van der Waals surface area (Å²) in [5, 5.41) is 0. The lowest BCUT2D eigenvalue weighted by molar-refractivity contribution is 0.319. The van der Waals surface area contributed by atoms with Crippen molar-refractivity contribution in [3.05, 3.63) is 18.2 Å².